The highest BCUT2D eigenvalue weighted by Crippen LogP contribution is 2.33. The lowest BCUT2D eigenvalue weighted by Crippen LogP contribution is -1.91. The Morgan fingerprint density at radius 3 is 2.03 bits per heavy atom. The van der Waals surface area contributed by atoms with Gasteiger partial charge in [-0.1, -0.05) is 55.5 Å². The number of furan rings is 1. The molecule has 1 aromatic heterocycles. The minimum atomic E-state index is -0.973. The Morgan fingerprint density at radius 2 is 1.41 bits per heavy atom. The predicted molar refractivity (Wildman–Crippen MR) is 112 cm³/mol. The molecule has 0 amide bonds. The first kappa shape index (κ1) is 19.3. The van der Waals surface area contributed by atoms with E-state index in [1.165, 1.54) is 5.56 Å². The van der Waals surface area contributed by atoms with Gasteiger partial charge >= 0.3 is 0 Å². The van der Waals surface area contributed by atoms with E-state index in [1.54, 1.807) is 12.1 Å². The molecule has 0 bridgehead atoms. The van der Waals surface area contributed by atoms with Crippen LogP contribution >= 0.6 is 0 Å². The summed E-state index contributed by atoms with van der Waals surface area (Å²) in [7, 11) is 0. The first-order valence-corrected chi connectivity index (χ1v) is 9.78. The lowest BCUT2D eigenvalue weighted by Gasteiger charge is -2.08. The molecule has 0 N–H and O–H groups in total. The number of rotatable bonds is 6. The fraction of sp³-hybridized carbons (Fsp3) is 0.200. The van der Waals surface area contributed by atoms with Crippen molar-refractivity contribution in [2.45, 2.75) is 26.9 Å². The van der Waals surface area contributed by atoms with Crippen molar-refractivity contribution in [3.05, 3.63) is 83.6 Å². The number of hydrogen-bond acceptors (Lipinski definition) is 2. The molecule has 0 saturated heterocycles. The molecule has 0 aliphatic heterocycles. The van der Waals surface area contributed by atoms with Crippen molar-refractivity contribution in [2.75, 3.05) is 6.61 Å². The third-order valence-electron chi connectivity index (χ3n) is 5.08. The molecule has 0 aliphatic carbocycles. The van der Waals surface area contributed by atoms with E-state index in [0.29, 0.717) is 23.3 Å². The predicted octanol–water partition coefficient (Wildman–Crippen LogP) is 7.14. The Bertz CT molecular complexity index is 1130. The highest BCUT2D eigenvalue weighted by atomic mass is 19.2. The fourth-order valence-electron chi connectivity index (χ4n) is 3.43. The lowest BCUT2D eigenvalue weighted by molar-refractivity contribution is 0.119. The van der Waals surface area contributed by atoms with E-state index >= 15 is 0 Å². The van der Waals surface area contributed by atoms with E-state index < -0.39 is 11.6 Å². The third-order valence-corrected chi connectivity index (χ3v) is 5.08. The molecule has 1 heterocycles. The average molecular weight is 392 g/mol. The Labute approximate surface area is 168 Å². The number of aryl methyl sites for hydroxylation is 1. The second-order valence-corrected chi connectivity index (χ2v) is 6.95. The summed E-state index contributed by atoms with van der Waals surface area (Å²) in [5, 5.41) is 0.521. The Balaban J connectivity index is 1.69. The van der Waals surface area contributed by atoms with Gasteiger partial charge in [-0.3, -0.25) is 0 Å². The summed E-state index contributed by atoms with van der Waals surface area (Å²) >= 11 is 0. The summed E-state index contributed by atoms with van der Waals surface area (Å²) in [5.74, 6) is -1.41. The first-order chi connectivity index (χ1) is 14.1. The molecule has 0 unspecified atom stereocenters. The molecule has 0 fully saturated rings. The van der Waals surface area contributed by atoms with Crippen molar-refractivity contribution in [3.63, 3.8) is 0 Å². The molecule has 4 rings (SSSR count). The highest BCUT2D eigenvalue weighted by molar-refractivity contribution is 5.85. The van der Waals surface area contributed by atoms with Crippen LogP contribution in [-0.2, 0) is 17.8 Å². The van der Waals surface area contributed by atoms with Crippen molar-refractivity contribution in [1.82, 2.24) is 0 Å². The molecule has 3 aromatic carbocycles. The molecule has 0 spiro atoms. The quantitative estimate of drug-likeness (QED) is 0.348. The number of hydrogen-bond donors (Lipinski definition) is 0. The SMILES string of the molecule is CCOCc1cc2cc(-c3ccc(-c4ccc(CC)cc4)cc3)c(F)c(F)c2o1. The maximum Gasteiger partial charge on any atom is 0.202 e. The summed E-state index contributed by atoms with van der Waals surface area (Å²) in [6, 6.07) is 19.1. The molecule has 0 radical (unpaired) electrons. The topological polar surface area (TPSA) is 22.4 Å². The summed E-state index contributed by atoms with van der Waals surface area (Å²) < 4.78 is 40.0. The Kier molecular flexibility index (Phi) is 5.45. The third kappa shape index (κ3) is 3.81. The van der Waals surface area contributed by atoms with Crippen LogP contribution in [0.2, 0.25) is 0 Å². The fourth-order valence-corrected chi connectivity index (χ4v) is 3.43. The molecule has 29 heavy (non-hydrogen) atoms. The molecular weight excluding hydrogens is 370 g/mol. The van der Waals surface area contributed by atoms with E-state index in [2.05, 4.69) is 31.2 Å². The van der Waals surface area contributed by atoms with Crippen LogP contribution in [0.4, 0.5) is 8.78 Å². The van der Waals surface area contributed by atoms with Gasteiger partial charge < -0.3 is 9.15 Å². The molecular formula is C25H22F2O2. The van der Waals surface area contributed by atoms with Gasteiger partial charge in [0.1, 0.15) is 12.4 Å². The zero-order valence-corrected chi connectivity index (χ0v) is 16.5. The molecule has 148 valence electrons. The zero-order valence-electron chi connectivity index (χ0n) is 16.5. The molecule has 2 nitrogen and oxygen atoms in total. The number of fused-ring (bicyclic) bond motifs is 1. The summed E-state index contributed by atoms with van der Waals surface area (Å²) in [6.07, 6.45) is 0.993. The Hall–Kier alpha value is -2.98. The maximum absolute atomic E-state index is 14.7. The van der Waals surface area contributed by atoms with Crippen LogP contribution < -0.4 is 0 Å². The monoisotopic (exact) mass is 392 g/mol. The minimum absolute atomic E-state index is 0.0754. The first-order valence-electron chi connectivity index (χ1n) is 9.78. The van der Waals surface area contributed by atoms with Crippen LogP contribution in [-0.4, -0.2) is 6.61 Å². The molecule has 0 saturated carbocycles. The normalized spacial score (nSPS) is 11.3. The second-order valence-electron chi connectivity index (χ2n) is 6.95. The van der Waals surface area contributed by atoms with Crippen LogP contribution in [0.15, 0.2) is 65.1 Å². The van der Waals surface area contributed by atoms with E-state index in [9.17, 15) is 8.78 Å². The largest absolute Gasteiger partial charge is 0.455 e. The number of halogens is 2. The van der Waals surface area contributed by atoms with E-state index in [0.717, 1.165) is 17.5 Å². The number of benzene rings is 3. The lowest BCUT2D eigenvalue weighted by atomic mass is 9.98. The van der Waals surface area contributed by atoms with Gasteiger partial charge in [0, 0.05) is 17.6 Å². The van der Waals surface area contributed by atoms with Crippen molar-refractivity contribution in [2.24, 2.45) is 0 Å². The summed E-state index contributed by atoms with van der Waals surface area (Å²) in [6.45, 7) is 4.73. The second kappa shape index (κ2) is 8.18. The average Bonchev–Trinajstić information content (AvgIpc) is 3.18. The molecule has 4 heteroatoms. The summed E-state index contributed by atoms with van der Waals surface area (Å²) in [4.78, 5) is 0. The van der Waals surface area contributed by atoms with Crippen LogP contribution in [0.3, 0.4) is 0 Å². The van der Waals surface area contributed by atoms with Gasteiger partial charge in [-0.2, -0.15) is 4.39 Å². The minimum Gasteiger partial charge on any atom is -0.455 e. The summed E-state index contributed by atoms with van der Waals surface area (Å²) in [5.41, 5.74) is 4.15. The van der Waals surface area contributed by atoms with Gasteiger partial charge in [-0.25, -0.2) is 4.39 Å². The van der Waals surface area contributed by atoms with Crippen molar-refractivity contribution >= 4 is 11.0 Å². The van der Waals surface area contributed by atoms with E-state index in [-0.39, 0.29) is 17.8 Å². The van der Waals surface area contributed by atoms with Crippen LogP contribution in [0, 0.1) is 11.6 Å². The van der Waals surface area contributed by atoms with Gasteiger partial charge in [0.2, 0.25) is 5.82 Å². The van der Waals surface area contributed by atoms with Crippen molar-refractivity contribution < 1.29 is 17.9 Å². The zero-order chi connectivity index (χ0) is 20.4. The van der Waals surface area contributed by atoms with E-state index in [4.69, 9.17) is 9.15 Å². The maximum atomic E-state index is 14.7. The van der Waals surface area contributed by atoms with Crippen molar-refractivity contribution in [1.29, 1.82) is 0 Å². The van der Waals surface area contributed by atoms with Gasteiger partial charge in [0.25, 0.3) is 0 Å². The van der Waals surface area contributed by atoms with Crippen LogP contribution in [0.25, 0.3) is 33.2 Å². The molecule has 0 atom stereocenters. The smallest absolute Gasteiger partial charge is 0.202 e. The van der Waals surface area contributed by atoms with Crippen molar-refractivity contribution in [3.8, 4) is 22.3 Å². The van der Waals surface area contributed by atoms with Gasteiger partial charge in [0.05, 0.1) is 0 Å². The highest BCUT2D eigenvalue weighted by Gasteiger charge is 2.19. The molecule has 0 aliphatic rings. The molecule has 4 aromatic rings. The van der Waals surface area contributed by atoms with Gasteiger partial charge in [-0.05, 0) is 47.7 Å². The van der Waals surface area contributed by atoms with E-state index in [1.807, 2.05) is 31.2 Å². The van der Waals surface area contributed by atoms with Gasteiger partial charge in [-0.15, -0.1) is 0 Å². The Morgan fingerprint density at radius 1 is 0.793 bits per heavy atom. The van der Waals surface area contributed by atoms with Crippen LogP contribution in [0.1, 0.15) is 25.2 Å². The number of ether oxygens (including phenoxy) is 1. The standard InChI is InChI=1S/C25H22F2O2/c1-3-16-5-7-17(8-6-16)18-9-11-19(12-10-18)22-14-20-13-21(15-28-4-2)29-25(20)24(27)23(22)26/h5-14H,3-4,15H2,1-2H3. The van der Waals surface area contributed by atoms with Gasteiger partial charge in [0.15, 0.2) is 11.4 Å². The van der Waals surface area contributed by atoms with Crippen LogP contribution in [0.5, 0.6) is 0 Å².